The van der Waals surface area contributed by atoms with Crippen molar-refractivity contribution in [2.45, 2.75) is 42.4 Å². The molecule has 1 unspecified atom stereocenters. The average molecular weight is 321 g/mol. The molecule has 1 saturated carbocycles. The minimum atomic E-state index is -1.02. The highest BCUT2D eigenvalue weighted by Crippen LogP contribution is 2.50. The molecule has 1 aliphatic carbocycles. The van der Waals surface area contributed by atoms with Gasteiger partial charge in [0.05, 0.1) is 6.04 Å². The van der Waals surface area contributed by atoms with Crippen molar-refractivity contribution in [1.82, 2.24) is 10.3 Å². The summed E-state index contributed by atoms with van der Waals surface area (Å²) >= 11 is 1.22. The second-order valence-corrected chi connectivity index (χ2v) is 7.33. The number of hydrogen-bond donors (Lipinski definition) is 2. The third-order valence-corrected chi connectivity index (χ3v) is 5.81. The van der Waals surface area contributed by atoms with Crippen LogP contribution in [0.4, 0.5) is 4.39 Å². The smallest absolute Gasteiger partial charge is 0.320 e. The minimum Gasteiger partial charge on any atom is -0.480 e. The number of halogens is 1. The number of alkyl halides is 1. The quantitative estimate of drug-likeness (QED) is 0.894. The molecular formula is C15H16FN3O2S. The van der Waals surface area contributed by atoms with Crippen LogP contribution >= 0.6 is 11.8 Å². The molecule has 2 N–H and O–H groups in total. The molecule has 4 rings (SSSR count). The molecule has 0 amide bonds. The Bertz CT molecular complexity index is 635. The van der Waals surface area contributed by atoms with Gasteiger partial charge in [-0.25, -0.2) is 4.39 Å². The zero-order valence-electron chi connectivity index (χ0n) is 11.8. The van der Waals surface area contributed by atoms with E-state index in [1.165, 1.54) is 11.8 Å². The van der Waals surface area contributed by atoms with Crippen LogP contribution in [0.25, 0.3) is 0 Å². The second kappa shape index (κ2) is 4.87. The summed E-state index contributed by atoms with van der Waals surface area (Å²) in [6, 6.07) is 9.64. The van der Waals surface area contributed by atoms with Crippen molar-refractivity contribution in [2.24, 2.45) is 5.10 Å². The molecule has 0 bridgehead atoms. The van der Waals surface area contributed by atoms with Crippen molar-refractivity contribution in [2.75, 3.05) is 0 Å². The predicted octanol–water partition coefficient (Wildman–Crippen LogP) is 2.32. The first kappa shape index (κ1) is 13.9. The molecule has 2 aliphatic heterocycles. The Kier molecular flexibility index (Phi) is 3.07. The van der Waals surface area contributed by atoms with Gasteiger partial charge < -0.3 is 10.4 Å². The van der Waals surface area contributed by atoms with E-state index in [1.54, 1.807) is 5.01 Å². The Morgan fingerprint density at radius 1 is 1.41 bits per heavy atom. The van der Waals surface area contributed by atoms with Gasteiger partial charge >= 0.3 is 5.97 Å². The van der Waals surface area contributed by atoms with Gasteiger partial charge in [-0.05, 0) is 18.4 Å². The Morgan fingerprint density at radius 3 is 2.77 bits per heavy atom. The molecule has 5 nitrogen and oxygen atoms in total. The Hall–Kier alpha value is -1.76. The summed E-state index contributed by atoms with van der Waals surface area (Å²) in [7, 11) is 0. The van der Waals surface area contributed by atoms with Crippen molar-refractivity contribution in [3.8, 4) is 0 Å². The molecule has 0 aromatic heterocycles. The monoisotopic (exact) mass is 321 g/mol. The topological polar surface area (TPSA) is 64.9 Å². The molecule has 116 valence electrons. The van der Waals surface area contributed by atoms with Crippen LogP contribution in [-0.2, 0) is 4.79 Å². The standard InChI is InChI=1S/C15H16FN3O2S/c16-10-8-11(9-4-2-1-3-5-9)19-12(10)17-14(18-19)22-15(6-7-15)13(20)21/h1-5,10-12H,6-8H2,(H,17,18)(H,20,21)/t10-,11-,12?/m0/s1. The van der Waals surface area contributed by atoms with Gasteiger partial charge in [-0.1, -0.05) is 42.1 Å². The number of benzene rings is 1. The van der Waals surface area contributed by atoms with E-state index in [0.717, 1.165) is 5.56 Å². The SMILES string of the molecule is O=C(O)C1(SC2=NN3C(N2)[C@@H](F)C[C@H]3c2ccccc2)CC1. The zero-order valence-corrected chi connectivity index (χ0v) is 12.6. The molecular weight excluding hydrogens is 305 g/mol. The lowest BCUT2D eigenvalue weighted by molar-refractivity contribution is -0.137. The maximum atomic E-state index is 14.3. The number of hydrazone groups is 1. The van der Waals surface area contributed by atoms with E-state index < -0.39 is 23.1 Å². The number of carboxylic acid groups (broad SMARTS) is 1. The summed E-state index contributed by atoms with van der Waals surface area (Å²) in [5, 5.41) is 19.0. The maximum Gasteiger partial charge on any atom is 0.320 e. The molecule has 22 heavy (non-hydrogen) atoms. The molecule has 7 heteroatoms. The number of carboxylic acids is 1. The molecule has 1 saturated heterocycles. The van der Waals surface area contributed by atoms with Gasteiger partial charge in [-0.2, -0.15) is 0 Å². The lowest BCUT2D eigenvalue weighted by Crippen LogP contribution is -2.39. The van der Waals surface area contributed by atoms with Crippen molar-refractivity contribution in [3.63, 3.8) is 0 Å². The predicted molar refractivity (Wildman–Crippen MR) is 82.1 cm³/mol. The van der Waals surface area contributed by atoms with Crippen LogP contribution in [-0.4, -0.2) is 38.3 Å². The molecule has 3 atom stereocenters. The first-order valence-corrected chi connectivity index (χ1v) is 8.16. The number of nitrogens with zero attached hydrogens (tertiary/aromatic N) is 2. The first-order valence-electron chi connectivity index (χ1n) is 7.34. The Morgan fingerprint density at radius 2 is 2.14 bits per heavy atom. The van der Waals surface area contributed by atoms with Gasteiger partial charge in [-0.15, -0.1) is 5.10 Å². The van der Waals surface area contributed by atoms with Crippen LogP contribution in [0.15, 0.2) is 35.4 Å². The van der Waals surface area contributed by atoms with E-state index in [9.17, 15) is 14.3 Å². The molecule has 0 spiro atoms. The fourth-order valence-electron chi connectivity index (χ4n) is 3.03. The van der Waals surface area contributed by atoms with Crippen molar-refractivity contribution < 1.29 is 14.3 Å². The van der Waals surface area contributed by atoms with Gasteiger partial charge in [0, 0.05) is 6.42 Å². The molecule has 2 fully saturated rings. The van der Waals surface area contributed by atoms with Gasteiger partial charge in [0.25, 0.3) is 0 Å². The Balaban J connectivity index is 1.56. The summed E-state index contributed by atoms with van der Waals surface area (Å²) in [5.41, 5.74) is 1.03. The van der Waals surface area contributed by atoms with Gasteiger partial charge in [-0.3, -0.25) is 9.80 Å². The van der Waals surface area contributed by atoms with Crippen LogP contribution in [0.5, 0.6) is 0 Å². The number of fused-ring (bicyclic) bond motifs is 1. The van der Waals surface area contributed by atoms with Crippen LogP contribution in [0.3, 0.4) is 0 Å². The molecule has 3 aliphatic rings. The van der Waals surface area contributed by atoms with Crippen LogP contribution < -0.4 is 5.32 Å². The van der Waals surface area contributed by atoms with Crippen molar-refractivity contribution in [1.29, 1.82) is 0 Å². The number of aliphatic carboxylic acids is 1. The number of rotatable bonds is 3. The third-order valence-electron chi connectivity index (χ3n) is 4.44. The highest BCUT2D eigenvalue weighted by Gasteiger charge is 2.54. The number of amidine groups is 1. The fourth-order valence-corrected chi connectivity index (χ4v) is 4.11. The number of nitrogens with one attached hydrogen (secondary N) is 1. The lowest BCUT2D eigenvalue weighted by atomic mass is 10.1. The minimum absolute atomic E-state index is 0.105. The van der Waals surface area contributed by atoms with E-state index in [-0.39, 0.29) is 6.04 Å². The van der Waals surface area contributed by atoms with E-state index in [2.05, 4.69) is 10.4 Å². The Labute approximate surface area is 131 Å². The average Bonchev–Trinajstić information content (AvgIpc) is 3.08. The summed E-state index contributed by atoms with van der Waals surface area (Å²) in [6.07, 6.45) is 0.163. The highest BCUT2D eigenvalue weighted by molar-refractivity contribution is 8.15. The normalized spacial score (nSPS) is 31.4. The van der Waals surface area contributed by atoms with E-state index >= 15 is 0 Å². The molecule has 1 aromatic carbocycles. The second-order valence-electron chi connectivity index (χ2n) is 5.95. The fraction of sp³-hybridized carbons (Fsp3) is 0.467. The maximum absolute atomic E-state index is 14.3. The van der Waals surface area contributed by atoms with E-state index in [0.29, 0.717) is 24.4 Å². The highest BCUT2D eigenvalue weighted by atomic mass is 32.2. The van der Waals surface area contributed by atoms with E-state index in [4.69, 9.17) is 0 Å². The van der Waals surface area contributed by atoms with Gasteiger partial charge in [0.15, 0.2) is 5.17 Å². The zero-order chi connectivity index (χ0) is 15.3. The number of hydrogen-bond acceptors (Lipinski definition) is 5. The van der Waals surface area contributed by atoms with Gasteiger partial charge in [0.2, 0.25) is 0 Å². The van der Waals surface area contributed by atoms with Crippen LogP contribution in [0.2, 0.25) is 0 Å². The van der Waals surface area contributed by atoms with Crippen molar-refractivity contribution >= 4 is 22.9 Å². The largest absolute Gasteiger partial charge is 0.480 e. The van der Waals surface area contributed by atoms with Crippen LogP contribution in [0.1, 0.15) is 30.9 Å². The third kappa shape index (κ3) is 2.15. The van der Waals surface area contributed by atoms with E-state index in [1.807, 2.05) is 30.3 Å². The number of thioether (sulfide) groups is 1. The molecule has 2 heterocycles. The summed E-state index contributed by atoms with van der Waals surface area (Å²) in [6.45, 7) is 0. The lowest BCUT2D eigenvalue weighted by Gasteiger charge is -2.21. The summed E-state index contributed by atoms with van der Waals surface area (Å²) < 4.78 is 13.5. The summed E-state index contributed by atoms with van der Waals surface area (Å²) in [5.74, 6) is -0.814. The number of carbonyl (C=O) groups is 1. The van der Waals surface area contributed by atoms with Crippen LogP contribution in [0, 0.1) is 0 Å². The molecule has 0 radical (unpaired) electrons. The molecule has 1 aromatic rings. The first-order chi connectivity index (χ1) is 10.6. The van der Waals surface area contributed by atoms with Crippen molar-refractivity contribution in [3.05, 3.63) is 35.9 Å². The van der Waals surface area contributed by atoms with Gasteiger partial charge in [0.1, 0.15) is 17.1 Å². The summed E-state index contributed by atoms with van der Waals surface area (Å²) in [4.78, 5) is 11.3.